The third kappa shape index (κ3) is 3.77. The topological polar surface area (TPSA) is 71.3 Å². The summed E-state index contributed by atoms with van der Waals surface area (Å²) in [5, 5.41) is 7.74. The van der Waals surface area contributed by atoms with E-state index in [1.54, 1.807) is 17.0 Å². The van der Waals surface area contributed by atoms with E-state index in [1.165, 1.54) is 0 Å². The average molecular weight is 365 g/mol. The predicted octanol–water partition coefficient (Wildman–Crippen LogP) is 1.58. The van der Waals surface area contributed by atoms with E-state index < -0.39 is 0 Å². The van der Waals surface area contributed by atoms with E-state index in [0.29, 0.717) is 19.5 Å². The number of nitrogens with zero attached hydrogens (tertiary/aromatic N) is 5. The fraction of sp³-hybridized carbons (Fsp3) is 0.400. The van der Waals surface area contributed by atoms with Crippen molar-refractivity contribution in [3.63, 3.8) is 0 Å². The number of rotatable bonds is 6. The van der Waals surface area contributed by atoms with Gasteiger partial charge in [-0.25, -0.2) is 0 Å². The molecule has 0 N–H and O–H groups in total. The van der Waals surface area contributed by atoms with Crippen LogP contribution in [0.15, 0.2) is 48.8 Å². The molecule has 140 valence electrons. The molecule has 0 spiro atoms. The maximum absolute atomic E-state index is 12.6. The zero-order valence-corrected chi connectivity index (χ0v) is 15.1. The Morgan fingerprint density at radius 1 is 1.19 bits per heavy atom. The number of likely N-dealkylation sites (tertiary alicyclic amines) is 2. The third-order valence-electron chi connectivity index (χ3n) is 5.37. The molecule has 0 bridgehead atoms. The molecule has 0 aliphatic carbocycles. The minimum absolute atomic E-state index is 0.00297. The predicted molar refractivity (Wildman–Crippen MR) is 100 cm³/mol. The Hall–Kier alpha value is -2.96. The number of fused-ring (bicyclic) bond motifs is 1. The first-order chi connectivity index (χ1) is 13.2. The molecule has 4 rings (SSSR count). The van der Waals surface area contributed by atoms with Gasteiger partial charge in [0.2, 0.25) is 11.8 Å². The van der Waals surface area contributed by atoms with Gasteiger partial charge in [-0.3, -0.25) is 14.3 Å². The van der Waals surface area contributed by atoms with E-state index in [9.17, 15) is 9.59 Å². The van der Waals surface area contributed by atoms with Gasteiger partial charge in [-0.1, -0.05) is 35.5 Å². The monoisotopic (exact) mass is 365 g/mol. The normalized spacial score (nSPS) is 22.0. The summed E-state index contributed by atoms with van der Waals surface area (Å²) in [6, 6.07) is 9.91. The number of aromatic nitrogens is 3. The molecule has 0 radical (unpaired) electrons. The van der Waals surface area contributed by atoms with Crippen molar-refractivity contribution in [2.75, 3.05) is 13.1 Å². The highest BCUT2D eigenvalue weighted by Crippen LogP contribution is 2.32. The van der Waals surface area contributed by atoms with Crippen molar-refractivity contribution < 1.29 is 9.59 Å². The van der Waals surface area contributed by atoms with Gasteiger partial charge in [-0.15, -0.1) is 5.10 Å². The molecule has 2 aliphatic rings. The number of benzene rings is 1. The highest BCUT2D eigenvalue weighted by atomic mass is 16.2. The van der Waals surface area contributed by atoms with Crippen molar-refractivity contribution in [1.29, 1.82) is 0 Å². The maximum Gasteiger partial charge on any atom is 0.246 e. The van der Waals surface area contributed by atoms with Gasteiger partial charge in [0.15, 0.2) is 0 Å². The summed E-state index contributed by atoms with van der Waals surface area (Å²) >= 11 is 0. The highest BCUT2D eigenvalue weighted by molar-refractivity contribution is 5.93. The Morgan fingerprint density at radius 2 is 2.04 bits per heavy atom. The Balaban J connectivity index is 1.35. The quantitative estimate of drug-likeness (QED) is 0.729. The number of carbonyl (C=O) groups excluding carboxylic acids is 2. The molecule has 1 aromatic carbocycles. The Kier molecular flexibility index (Phi) is 5.00. The SMILES string of the molecule is O=C(/C=C/c1ccccc1)N1CC[C@H]2[C@@H]1CC(=O)N2CCCn1ccnn1. The van der Waals surface area contributed by atoms with Crippen molar-refractivity contribution in [3.05, 3.63) is 54.4 Å². The Morgan fingerprint density at radius 3 is 2.81 bits per heavy atom. The van der Waals surface area contributed by atoms with Crippen LogP contribution in [-0.4, -0.2) is 61.8 Å². The molecule has 0 saturated carbocycles. The van der Waals surface area contributed by atoms with Gasteiger partial charge in [-0.05, 0) is 24.5 Å². The van der Waals surface area contributed by atoms with Crippen LogP contribution in [0.3, 0.4) is 0 Å². The summed E-state index contributed by atoms with van der Waals surface area (Å²) in [4.78, 5) is 28.9. The molecule has 2 fully saturated rings. The second-order valence-corrected chi connectivity index (χ2v) is 7.01. The van der Waals surface area contributed by atoms with Gasteiger partial charge in [-0.2, -0.15) is 0 Å². The molecule has 7 heteroatoms. The first-order valence-electron chi connectivity index (χ1n) is 9.40. The van der Waals surface area contributed by atoms with Crippen LogP contribution >= 0.6 is 0 Å². The van der Waals surface area contributed by atoms with Crippen LogP contribution in [0.1, 0.15) is 24.8 Å². The largest absolute Gasteiger partial charge is 0.337 e. The number of aryl methyl sites for hydroxylation is 1. The second kappa shape index (κ2) is 7.73. The van der Waals surface area contributed by atoms with Gasteiger partial charge >= 0.3 is 0 Å². The van der Waals surface area contributed by atoms with Crippen molar-refractivity contribution >= 4 is 17.9 Å². The first kappa shape index (κ1) is 17.5. The van der Waals surface area contributed by atoms with Crippen LogP contribution in [0, 0.1) is 0 Å². The van der Waals surface area contributed by atoms with E-state index in [4.69, 9.17) is 0 Å². The molecule has 2 aromatic rings. The molecule has 7 nitrogen and oxygen atoms in total. The summed E-state index contributed by atoms with van der Waals surface area (Å²) in [6.45, 7) is 2.14. The molecule has 2 saturated heterocycles. The summed E-state index contributed by atoms with van der Waals surface area (Å²) in [6.07, 6.45) is 9.05. The Labute approximate surface area is 158 Å². The Bertz CT molecular complexity index is 818. The van der Waals surface area contributed by atoms with Crippen molar-refractivity contribution in [1.82, 2.24) is 24.8 Å². The van der Waals surface area contributed by atoms with Gasteiger partial charge < -0.3 is 9.80 Å². The van der Waals surface area contributed by atoms with E-state index >= 15 is 0 Å². The number of hydrogen-bond donors (Lipinski definition) is 0. The lowest BCUT2D eigenvalue weighted by Crippen LogP contribution is -2.39. The van der Waals surface area contributed by atoms with Crippen LogP contribution < -0.4 is 0 Å². The maximum atomic E-state index is 12.6. The lowest BCUT2D eigenvalue weighted by Gasteiger charge is -2.25. The first-order valence-corrected chi connectivity index (χ1v) is 9.40. The molecule has 1 aromatic heterocycles. The van der Waals surface area contributed by atoms with E-state index in [2.05, 4.69) is 10.3 Å². The van der Waals surface area contributed by atoms with Crippen molar-refractivity contribution in [2.45, 2.75) is 37.9 Å². The second-order valence-electron chi connectivity index (χ2n) is 7.01. The van der Waals surface area contributed by atoms with E-state index in [1.807, 2.05) is 52.4 Å². The summed E-state index contributed by atoms with van der Waals surface area (Å²) in [5.74, 6) is 0.136. The summed E-state index contributed by atoms with van der Waals surface area (Å²) in [5.41, 5.74) is 0.999. The van der Waals surface area contributed by atoms with Crippen LogP contribution in [0.4, 0.5) is 0 Å². The van der Waals surface area contributed by atoms with Crippen LogP contribution in [0.25, 0.3) is 6.08 Å². The summed E-state index contributed by atoms with van der Waals surface area (Å²) < 4.78 is 1.77. The fourth-order valence-electron chi connectivity index (χ4n) is 4.07. The molecule has 27 heavy (non-hydrogen) atoms. The van der Waals surface area contributed by atoms with E-state index in [-0.39, 0.29) is 23.9 Å². The molecule has 3 heterocycles. The van der Waals surface area contributed by atoms with Gasteiger partial charge in [0.25, 0.3) is 0 Å². The molecular weight excluding hydrogens is 342 g/mol. The van der Waals surface area contributed by atoms with Gasteiger partial charge in [0, 0.05) is 38.3 Å². The lowest BCUT2D eigenvalue weighted by atomic mass is 10.1. The highest BCUT2D eigenvalue weighted by Gasteiger charge is 2.47. The average Bonchev–Trinajstić information content (AvgIpc) is 3.39. The number of carbonyl (C=O) groups is 2. The standard InChI is InChI=1S/C20H23N5O2/c26-19(8-7-16-5-2-1-3-6-16)25-13-9-17-18(25)15-20(27)24(17)12-4-11-23-14-10-21-22-23/h1-3,5-8,10,14,17-18H,4,9,11-13,15H2/b8-7+/t17-,18-/m0/s1. The van der Waals surface area contributed by atoms with Crippen molar-refractivity contribution in [2.24, 2.45) is 0 Å². The van der Waals surface area contributed by atoms with Crippen LogP contribution in [0.5, 0.6) is 0 Å². The fourth-order valence-corrected chi connectivity index (χ4v) is 4.07. The van der Waals surface area contributed by atoms with Crippen LogP contribution in [-0.2, 0) is 16.1 Å². The zero-order valence-electron chi connectivity index (χ0n) is 15.1. The number of hydrogen-bond acceptors (Lipinski definition) is 4. The molecule has 0 unspecified atom stereocenters. The minimum Gasteiger partial charge on any atom is -0.337 e. The van der Waals surface area contributed by atoms with Crippen molar-refractivity contribution in [3.8, 4) is 0 Å². The molecule has 2 aliphatic heterocycles. The lowest BCUT2D eigenvalue weighted by molar-refractivity contribution is -0.129. The molecular formula is C20H23N5O2. The molecule has 2 atom stereocenters. The number of amides is 2. The third-order valence-corrected chi connectivity index (χ3v) is 5.37. The summed E-state index contributed by atoms with van der Waals surface area (Å²) in [7, 11) is 0. The van der Waals surface area contributed by atoms with Gasteiger partial charge in [0.05, 0.1) is 18.3 Å². The molecule has 2 amide bonds. The minimum atomic E-state index is -0.0105. The zero-order chi connectivity index (χ0) is 18.6. The smallest absolute Gasteiger partial charge is 0.246 e. The van der Waals surface area contributed by atoms with Gasteiger partial charge in [0.1, 0.15) is 0 Å². The van der Waals surface area contributed by atoms with Crippen LogP contribution in [0.2, 0.25) is 0 Å². The van der Waals surface area contributed by atoms with E-state index in [0.717, 1.165) is 24.9 Å².